The highest BCUT2D eigenvalue weighted by Crippen LogP contribution is 2.28. The fraction of sp³-hybridized carbons (Fsp3) is 0.333. The number of rotatable bonds is 7. The first-order chi connectivity index (χ1) is 14.0. The lowest BCUT2D eigenvalue weighted by Crippen LogP contribution is -2.35. The van der Waals surface area contributed by atoms with Gasteiger partial charge in [0.15, 0.2) is 23.9 Å². The molecule has 2 aromatic carbocycles. The van der Waals surface area contributed by atoms with Gasteiger partial charge in [0.1, 0.15) is 0 Å². The number of nitriles is 1. The first kappa shape index (κ1) is 20.8. The smallest absolute Gasteiger partial charge is 0.243 e. The molecule has 0 atom stereocenters. The van der Waals surface area contributed by atoms with E-state index in [0.717, 1.165) is 19.3 Å². The van der Waals surface area contributed by atoms with E-state index in [1.165, 1.54) is 41.7 Å². The van der Waals surface area contributed by atoms with Crippen LogP contribution in [0.3, 0.4) is 0 Å². The minimum atomic E-state index is -3.53. The summed E-state index contributed by atoms with van der Waals surface area (Å²) >= 11 is 0. The lowest BCUT2D eigenvalue weighted by atomic mass is 10.1. The zero-order valence-corrected chi connectivity index (χ0v) is 16.9. The number of Topliss-reactive ketones (excluding diaryl/α,β-unsaturated/α-hetero) is 1. The van der Waals surface area contributed by atoms with Gasteiger partial charge in [-0.05, 0) is 49.2 Å². The Morgan fingerprint density at radius 2 is 1.76 bits per heavy atom. The summed E-state index contributed by atoms with van der Waals surface area (Å²) in [6.07, 6.45) is 2.78. The number of ether oxygens (including phenoxy) is 2. The number of nitrogens with zero attached hydrogens (tertiary/aromatic N) is 2. The number of benzene rings is 2. The third kappa shape index (κ3) is 4.75. The number of carbonyl (C=O) groups excluding carboxylic acids is 1. The van der Waals surface area contributed by atoms with Crippen LogP contribution in [0.2, 0.25) is 0 Å². The lowest BCUT2D eigenvalue weighted by molar-refractivity contribution is 0.0919. The van der Waals surface area contributed by atoms with E-state index in [2.05, 4.69) is 0 Å². The Balaban J connectivity index is 1.67. The molecule has 1 saturated heterocycles. The van der Waals surface area contributed by atoms with Crippen molar-refractivity contribution >= 4 is 15.8 Å². The third-order valence-electron chi connectivity index (χ3n) is 4.78. The van der Waals surface area contributed by atoms with Crippen LogP contribution in [0.25, 0.3) is 0 Å². The van der Waals surface area contributed by atoms with Crippen molar-refractivity contribution in [3.05, 3.63) is 53.6 Å². The fourth-order valence-corrected chi connectivity index (χ4v) is 4.67. The summed E-state index contributed by atoms with van der Waals surface area (Å²) in [4.78, 5) is 12.6. The predicted octanol–water partition coefficient (Wildman–Crippen LogP) is 3.00. The average molecular weight is 414 g/mol. The Morgan fingerprint density at radius 3 is 2.38 bits per heavy atom. The molecule has 152 valence electrons. The largest absolute Gasteiger partial charge is 0.493 e. The van der Waals surface area contributed by atoms with E-state index < -0.39 is 10.0 Å². The van der Waals surface area contributed by atoms with Gasteiger partial charge in [-0.2, -0.15) is 9.57 Å². The van der Waals surface area contributed by atoms with Crippen molar-refractivity contribution in [1.29, 1.82) is 5.26 Å². The monoisotopic (exact) mass is 414 g/mol. The predicted molar refractivity (Wildman–Crippen MR) is 107 cm³/mol. The molecule has 3 rings (SSSR count). The van der Waals surface area contributed by atoms with Gasteiger partial charge in [-0.15, -0.1) is 0 Å². The lowest BCUT2D eigenvalue weighted by Gasteiger charge is -2.25. The second-order valence-corrected chi connectivity index (χ2v) is 8.62. The summed E-state index contributed by atoms with van der Waals surface area (Å²) in [6, 6.07) is 12.6. The van der Waals surface area contributed by atoms with E-state index in [-0.39, 0.29) is 17.3 Å². The number of methoxy groups -OCH3 is 1. The molecule has 0 aromatic heterocycles. The standard InChI is InChI=1S/C21H22N2O5S/c1-27-21-13-16(14-22)5-10-20(21)28-15-19(24)17-6-8-18(9-7-17)29(25,26)23-11-3-2-4-12-23/h5-10,13H,2-4,11-12,15H2,1H3. The third-order valence-corrected chi connectivity index (χ3v) is 6.69. The minimum absolute atomic E-state index is 0.186. The molecule has 0 amide bonds. The molecule has 1 aliphatic heterocycles. The average Bonchev–Trinajstić information content (AvgIpc) is 2.78. The quantitative estimate of drug-likeness (QED) is 0.646. The van der Waals surface area contributed by atoms with Crippen LogP contribution in [0.15, 0.2) is 47.4 Å². The number of ketones is 1. The van der Waals surface area contributed by atoms with E-state index in [1.807, 2.05) is 6.07 Å². The summed E-state index contributed by atoms with van der Waals surface area (Å²) in [7, 11) is -2.08. The molecule has 0 unspecified atom stereocenters. The van der Waals surface area contributed by atoms with Gasteiger partial charge in [0, 0.05) is 24.7 Å². The normalized spacial score (nSPS) is 14.8. The van der Waals surface area contributed by atoms with Gasteiger partial charge in [0.05, 0.1) is 23.6 Å². The van der Waals surface area contributed by atoms with Crippen LogP contribution < -0.4 is 9.47 Å². The number of carbonyl (C=O) groups is 1. The Morgan fingerprint density at radius 1 is 1.07 bits per heavy atom. The first-order valence-electron chi connectivity index (χ1n) is 9.30. The van der Waals surface area contributed by atoms with Crippen LogP contribution in [-0.2, 0) is 10.0 Å². The number of sulfonamides is 1. The summed E-state index contributed by atoms with van der Waals surface area (Å²) in [5, 5.41) is 8.93. The Kier molecular flexibility index (Phi) is 6.52. The number of hydrogen-bond donors (Lipinski definition) is 0. The van der Waals surface area contributed by atoms with Crippen molar-refractivity contribution in [2.24, 2.45) is 0 Å². The van der Waals surface area contributed by atoms with E-state index >= 15 is 0 Å². The zero-order valence-electron chi connectivity index (χ0n) is 16.1. The molecule has 0 bridgehead atoms. The maximum Gasteiger partial charge on any atom is 0.243 e. The summed E-state index contributed by atoms with van der Waals surface area (Å²) in [5.41, 5.74) is 0.779. The van der Waals surface area contributed by atoms with Gasteiger partial charge >= 0.3 is 0 Å². The van der Waals surface area contributed by atoms with Gasteiger partial charge in [-0.3, -0.25) is 4.79 Å². The van der Waals surface area contributed by atoms with Crippen LogP contribution in [0.1, 0.15) is 35.2 Å². The molecule has 0 aliphatic carbocycles. The molecule has 29 heavy (non-hydrogen) atoms. The second-order valence-electron chi connectivity index (χ2n) is 6.68. The maximum absolute atomic E-state index is 12.7. The number of piperidine rings is 1. The topological polar surface area (TPSA) is 96.7 Å². The van der Waals surface area contributed by atoms with Crippen molar-refractivity contribution in [3.8, 4) is 17.6 Å². The van der Waals surface area contributed by atoms with E-state index in [4.69, 9.17) is 14.7 Å². The van der Waals surface area contributed by atoms with Crippen LogP contribution in [0, 0.1) is 11.3 Å². The Labute approximate surface area is 170 Å². The van der Waals surface area contributed by atoms with Crippen molar-refractivity contribution in [1.82, 2.24) is 4.31 Å². The van der Waals surface area contributed by atoms with Gasteiger partial charge in [-0.1, -0.05) is 6.42 Å². The van der Waals surface area contributed by atoms with Crippen molar-refractivity contribution in [2.45, 2.75) is 24.2 Å². The highest BCUT2D eigenvalue weighted by Gasteiger charge is 2.26. The van der Waals surface area contributed by atoms with Gasteiger partial charge in [0.25, 0.3) is 0 Å². The molecule has 7 nitrogen and oxygen atoms in total. The Bertz CT molecular complexity index is 1020. The van der Waals surface area contributed by atoms with E-state index in [9.17, 15) is 13.2 Å². The maximum atomic E-state index is 12.7. The van der Waals surface area contributed by atoms with Gasteiger partial charge < -0.3 is 9.47 Å². The first-order valence-corrected chi connectivity index (χ1v) is 10.7. The summed E-state index contributed by atoms with van der Waals surface area (Å²) < 4.78 is 37.6. The molecule has 1 heterocycles. The zero-order chi connectivity index (χ0) is 20.9. The van der Waals surface area contributed by atoms with Crippen LogP contribution in [0.4, 0.5) is 0 Å². The highest BCUT2D eigenvalue weighted by molar-refractivity contribution is 7.89. The molecular weight excluding hydrogens is 392 g/mol. The Hall–Kier alpha value is -2.89. The van der Waals surface area contributed by atoms with Gasteiger partial charge in [-0.25, -0.2) is 8.42 Å². The van der Waals surface area contributed by atoms with Gasteiger partial charge in [0.2, 0.25) is 10.0 Å². The molecule has 1 fully saturated rings. The van der Waals surface area contributed by atoms with Crippen LogP contribution >= 0.6 is 0 Å². The minimum Gasteiger partial charge on any atom is -0.493 e. The van der Waals surface area contributed by atoms with E-state index in [0.29, 0.717) is 35.7 Å². The SMILES string of the molecule is COc1cc(C#N)ccc1OCC(=O)c1ccc(S(=O)(=O)N2CCCCC2)cc1. The second kappa shape index (κ2) is 9.07. The van der Waals surface area contributed by atoms with Crippen LogP contribution in [-0.4, -0.2) is 45.3 Å². The molecule has 0 radical (unpaired) electrons. The summed E-state index contributed by atoms with van der Waals surface area (Å²) in [5.74, 6) is 0.419. The molecular formula is C21H22N2O5S. The van der Waals surface area contributed by atoms with Crippen LogP contribution in [0.5, 0.6) is 11.5 Å². The fourth-order valence-electron chi connectivity index (χ4n) is 3.15. The molecule has 0 saturated carbocycles. The van der Waals surface area contributed by atoms with E-state index in [1.54, 1.807) is 12.1 Å². The van der Waals surface area contributed by atoms with Crippen molar-refractivity contribution < 1.29 is 22.7 Å². The molecule has 8 heteroatoms. The molecule has 0 spiro atoms. The number of hydrogen-bond acceptors (Lipinski definition) is 6. The highest BCUT2D eigenvalue weighted by atomic mass is 32.2. The molecule has 0 N–H and O–H groups in total. The molecule has 2 aromatic rings. The molecule has 1 aliphatic rings. The summed E-state index contributed by atoms with van der Waals surface area (Å²) in [6.45, 7) is 0.826. The van der Waals surface area contributed by atoms with Crippen molar-refractivity contribution in [2.75, 3.05) is 26.8 Å². The van der Waals surface area contributed by atoms with Crippen molar-refractivity contribution in [3.63, 3.8) is 0 Å².